The molecule has 0 radical (unpaired) electrons. The highest BCUT2D eigenvalue weighted by molar-refractivity contribution is 5.73. The van der Waals surface area contributed by atoms with Gasteiger partial charge in [0.2, 0.25) is 0 Å². The lowest BCUT2D eigenvalue weighted by Crippen LogP contribution is -2.49. The summed E-state index contributed by atoms with van der Waals surface area (Å²) in [6.07, 6.45) is -0.472. The fraction of sp³-hybridized carbons (Fsp3) is 0.833. The lowest BCUT2D eigenvalue weighted by Gasteiger charge is -2.25. The van der Waals surface area contributed by atoms with E-state index in [4.69, 9.17) is 4.74 Å². The van der Waals surface area contributed by atoms with Gasteiger partial charge in [-0.2, -0.15) is 0 Å². The molecule has 0 aromatic heterocycles. The molecular formula is C12H25N3O3. The Labute approximate surface area is 109 Å². The molecule has 6 nitrogen and oxygen atoms in total. The van der Waals surface area contributed by atoms with Crippen molar-refractivity contribution in [3.05, 3.63) is 0 Å². The van der Waals surface area contributed by atoms with Gasteiger partial charge in [-0.3, -0.25) is 0 Å². The van der Waals surface area contributed by atoms with Crippen LogP contribution in [-0.2, 0) is 4.74 Å². The van der Waals surface area contributed by atoms with Crippen molar-refractivity contribution in [2.75, 3.05) is 13.6 Å². The van der Waals surface area contributed by atoms with Crippen molar-refractivity contribution in [3.8, 4) is 0 Å². The summed E-state index contributed by atoms with van der Waals surface area (Å²) in [5.41, 5.74) is -0.528. The van der Waals surface area contributed by atoms with Gasteiger partial charge in [-0.1, -0.05) is 13.8 Å². The van der Waals surface area contributed by atoms with Gasteiger partial charge in [0, 0.05) is 13.6 Å². The summed E-state index contributed by atoms with van der Waals surface area (Å²) < 4.78 is 5.17. The summed E-state index contributed by atoms with van der Waals surface area (Å²) in [5, 5.41) is 7.87. The van der Waals surface area contributed by atoms with E-state index in [-0.39, 0.29) is 18.0 Å². The molecule has 1 atom stereocenters. The summed E-state index contributed by atoms with van der Waals surface area (Å²) in [5.74, 6) is 0.190. The summed E-state index contributed by atoms with van der Waals surface area (Å²) >= 11 is 0. The highest BCUT2D eigenvalue weighted by Crippen LogP contribution is 2.08. The van der Waals surface area contributed by atoms with Crippen LogP contribution in [0.4, 0.5) is 9.59 Å². The third-order valence-electron chi connectivity index (χ3n) is 2.22. The van der Waals surface area contributed by atoms with Crippen LogP contribution >= 0.6 is 0 Å². The van der Waals surface area contributed by atoms with E-state index < -0.39 is 11.7 Å². The van der Waals surface area contributed by atoms with Crippen LogP contribution in [-0.4, -0.2) is 37.4 Å². The Balaban J connectivity index is 4.27. The van der Waals surface area contributed by atoms with Gasteiger partial charge in [0.1, 0.15) is 5.60 Å². The number of ether oxygens (including phenoxy) is 1. The van der Waals surface area contributed by atoms with Gasteiger partial charge in [-0.25, -0.2) is 9.59 Å². The van der Waals surface area contributed by atoms with Crippen LogP contribution < -0.4 is 16.0 Å². The summed E-state index contributed by atoms with van der Waals surface area (Å²) in [7, 11) is 1.54. The maximum absolute atomic E-state index is 11.6. The first kappa shape index (κ1) is 16.5. The predicted molar refractivity (Wildman–Crippen MR) is 70.5 cm³/mol. The topological polar surface area (TPSA) is 79.5 Å². The highest BCUT2D eigenvalue weighted by atomic mass is 16.6. The van der Waals surface area contributed by atoms with Gasteiger partial charge < -0.3 is 20.7 Å². The molecule has 0 fully saturated rings. The van der Waals surface area contributed by atoms with Gasteiger partial charge in [0.05, 0.1) is 6.04 Å². The molecule has 0 bridgehead atoms. The molecule has 0 spiro atoms. The molecule has 0 aromatic carbocycles. The Bertz CT molecular complexity index is 285. The molecule has 0 saturated carbocycles. The number of rotatable bonds is 4. The highest BCUT2D eigenvalue weighted by Gasteiger charge is 2.21. The third kappa shape index (κ3) is 7.76. The number of hydrogen-bond donors (Lipinski definition) is 3. The number of urea groups is 1. The van der Waals surface area contributed by atoms with E-state index in [1.165, 1.54) is 0 Å². The van der Waals surface area contributed by atoms with Crippen molar-refractivity contribution in [2.24, 2.45) is 5.92 Å². The van der Waals surface area contributed by atoms with Crippen molar-refractivity contribution in [1.82, 2.24) is 16.0 Å². The second-order valence-corrected chi connectivity index (χ2v) is 5.46. The van der Waals surface area contributed by atoms with Crippen LogP contribution in [0.25, 0.3) is 0 Å². The fourth-order valence-electron chi connectivity index (χ4n) is 1.20. The van der Waals surface area contributed by atoms with Crippen molar-refractivity contribution < 1.29 is 14.3 Å². The van der Waals surface area contributed by atoms with Crippen molar-refractivity contribution in [3.63, 3.8) is 0 Å². The minimum Gasteiger partial charge on any atom is -0.444 e. The molecule has 106 valence electrons. The first-order valence-electron chi connectivity index (χ1n) is 6.11. The van der Waals surface area contributed by atoms with Crippen molar-refractivity contribution in [2.45, 2.75) is 46.3 Å². The minimum absolute atomic E-state index is 0.169. The Kier molecular flexibility index (Phi) is 6.51. The zero-order chi connectivity index (χ0) is 14.3. The zero-order valence-electron chi connectivity index (χ0n) is 12.1. The summed E-state index contributed by atoms with van der Waals surface area (Å²) in [4.78, 5) is 22.7. The van der Waals surface area contributed by atoms with Crippen LogP contribution in [0.2, 0.25) is 0 Å². The summed E-state index contributed by atoms with van der Waals surface area (Å²) in [6, 6.07) is -0.441. The second-order valence-electron chi connectivity index (χ2n) is 5.46. The number of nitrogens with one attached hydrogen (secondary N) is 3. The molecule has 0 saturated heterocycles. The Morgan fingerprint density at radius 1 is 1.22 bits per heavy atom. The smallest absolute Gasteiger partial charge is 0.407 e. The third-order valence-corrected chi connectivity index (χ3v) is 2.22. The molecule has 0 rings (SSSR count). The van der Waals surface area contributed by atoms with Gasteiger partial charge in [-0.05, 0) is 26.7 Å². The minimum atomic E-state index is -0.528. The van der Waals surface area contributed by atoms with E-state index in [9.17, 15) is 9.59 Å². The van der Waals surface area contributed by atoms with Crippen LogP contribution in [0.3, 0.4) is 0 Å². The average molecular weight is 260 g/mol. The molecule has 0 aliphatic rings. The van der Waals surface area contributed by atoms with Gasteiger partial charge in [0.25, 0.3) is 0 Å². The lowest BCUT2D eigenvalue weighted by atomic mass is 10.1. The van der Waals surface area contributed by atoms with Crippen LogP contribution in [0, 0.1) is 5.92 Å². The lowest BCUT2D eigenvalue weighted by molar-refractivity contribution is 0.0490. The number of amides is 3. The van der Waals surface area contributed by atoms with Crippen LogP contribution in [0.15, 0.2) is 0 Å². The van der Waals surface area contributed by atoms with E-state index >= 15 is 0 Å². The molecule has 3 N–H and O–H groups in total. The Hall–Kier alpha value is -1.46. The molecule has 0 unspecified atom stereocenters. The monoisotopic (exact) mass is 260 g/mol. The molecule has 6 heteroatoms. The number of hydrogen-bond acceptors (Lipinski definition) is 3. The van der Waals surface area contributed by atoms with E-state index in [1.54, 1.807) is 27.8 Å². The zero-order valence-corrected chi connectivity index (χ0v) is 12.1. The number of alkyl carbamates (subject to hydrolysis) is 1. The van der Waals surface area contributed by atoms with Gasteiger partial charge >= 0.3 is 12.1 Å². The SMILES string of the molecule is CNC(=O)NC[C@@H]([15NH]C(=O)OC(C)(C)C)C(C)C. The normalized spacial score (nSPS) is 12.8. The van der Waals surface area contributed by atoms with Gasteiger partial charge in [-0.15, -0.1) is 0 Å². The Morgan fingerprint density at radius 2 is 1.78 bits per heavy atom. The molecule has 3 amide bonds. The number of carbonyl (C=O) groups excluding carboxylic acids is 2. The maximum Gasteiger partial charge on any atom is 0.407 e. The average Bonchev–Trinajstić information content (AvgIpc) is 2.20. The van der Waals surface area contributed by atoms with E-state index in [0.29, 0.717) is 6.54 Å². The molecule has 0 aliphatic heterocycles. The van der Waals surface area contributed by atoms with E-state index in [2.05, 4.69) is 16.0 Å². The van der Waals surface area contributed by atoms with Crippen LogP contribution in [0.1, 0.15) is 34.6 Å². The molecule has 0 aliphatic carbocycles. The second kappa shape index (κ2) is 7.08. The first-order valence-corrected chi connectivity index (χ1v) is 6.11. The predicted octanol–water partition coefficient (Wildman–Crippen LogP) is 1.46. The molecule has 0 heterocycles. The van der Waals surface area contributed by atoms with E-state index in [0.717, 1.165) is 0 Å². The molecular weight excluding hydrogens is 235 g/mol. The standard InChI is InChI=1S/C12H25N3O3/c1-8(2)9(7-14-10(16)13-6)15-11(17)18-12(3,4)5/h8-9H,7H2,1-6H3,(H,15,17)(H2,13,14,16)/t9-/m1/s1/i15+1. The molecule has 18 heavy (non-hydrogen) atoms. The largest absolute Gasteiger partial charge is 0.444 e. The van der Waals surface area contributed by atoms with E-state index in [1.807, 2.05) is 13.8 Å². The van der Waals surface area contributed by atoms with Crippen LogP contribution in [0.5, 0.6) is 0 Å². The fourth-order valence-corrected chi connectivity index (χ4v) is 1.20. The summed E-state index contributed by atoms with van der Waals surface area (Å²) in [6.45, 7) is 9.71. The maximum atomic E-state index is 11.6. The Morgan fingerprint density at radius 3 is 2.17 bits per heavy atom. The quantitative estimate of drug-likeness (QED) is 0.670. The van der Waals surface area contributed by atoms with Crippen molar-refractivity contribution in [1.29, 1.82) is 0 Å². The molecule has 0 aromatic rings. The first-order chi connectivity index (χ1) is 8.15. The van der Waals surface area contributed by atoms with Crippen molar-refractivity contribution >= 4 is 12.1 Å². The number of carbonyl (C=O) groups is 2. The van der Waals surface area contributed by atoms with Gasteiger partial charge in [0.15, 0.2) is 0 Å².